The summed E-state index contributed by atoms with van der Waals surface area (Å²) in [4.78, 5) is 4.37. The van der Waals surface area contributed by atoms with Gasteiger partial charge < -0.3 is 9.72 Å². The van der Waals surface area contributed by atoms with Gasteiger partial charge in [0.1, 0.15) is 5.65 Å². The van der Waals surface area contributed by atoms with E-state index in [0.29, 0.717) is 0 Å². The van der Waals surface area contributed by atoms with E-state index < -0.39 is 0 Å². The Morgan fingerprint density at radius 3 is 3.12 bits per heavy atom. The van der Waals surface area contributed by atoms with Gasteiger partial charge in [0.05, 0.1) is 11.9 Å². The van der Waals surface area contributed by atoms with Crippen LogP contribution in [0.1, 0.15) is 25.0 Å². The maximum atomic E-state index is 4.37. The molecular formula is C13H17N3. The van der Waals surface area contributed by atoms with E-state index >= 15 is 0 Å². The molecule has 0 aromatic carbocycles. The number of imidazole rings is 1. The van der Waals surface area contributed by atoms with Crippen molar-refractivity contribution in [2.24, 2.45) is 5.92 Å². The maximum absolute atomic E-state index is 4.37. The second-order valence-electron chi connectivity index (χ2n) is 4.61. The highest BCUT2D eigenvalue weighted by molar-refractivity contribution is 5.39. The van der Waals surface area contributed by atoms with Crippen LogP contribution in [0.4, 0.5) is 0 Å². The molecule has 1 saturated carbocycles. The van der Waals surface area contributed by atoms with E-state index in [1.807, 2.05) is 24.4 Å². The zero-order chi connectivity index (χ0) is 10.8. The Morgan fingerprint density at radius 2 is 2.31 bits per heavy atom. The van der Waals surface area contributed by atoms with Crippen LogP contribution >= 0.6 is 0 Å². The molecule has 1 aliphatic carbocycles. The quantitative estimate of drug-likeness (QED) is 0.847. The molecule has 3 heteroatoms. The average molecular weight is 215 g/mol. The van der Waals surface area contributed by atoms with Crippen molar-refractivity contribution >= 4 is 5.65 Å². The summed E-state index contributed by atoms with van der Waals surface area (Å²) >= 11 is 0. The normalized spacial score (nSPS) is 16.5. The molecule has 0 aliphatic heterocycles. The van der Waals surface area contributed by atoms with Crippen LogP contribution < -0.4 is 5.32 Å². The predicted octanol–water partition coefficient (Wildman–Crippen LogP) is 2.22. The van der Waals surface area contributed by atoms with Crippen LogP contribution in [-0.4, -0.2) is 15.9 Å². The first-order chi connectivity index (χ1) is 7.93. The monoisotopic (exact) mass is 215 g/mol. The number of nitrogens with zero attached hydrogens (tertiary/aromatic N) is 2. The van der Waals surface area contributed by atoms with Crippen LogP contribution in [0, 0.1) is 5.92 Å². The van der Waals surface area contributed by atoms with E-state index in [9.17, 15) is 0 Å². The zero-order valence-electron chi connectivity index (χ0n) is 9.39. The first-order valence-corrected chi connectivity index (χ1v) is 6.05. The van der Waals surface area contributed by atoms with E-state index in [4.69, 9.17) is 0 Å². The Bertz CT molecular complexity index is 471. The van der Waals surface area contributed by atoms with Crippen LogP contribution in [0.25, 0.3) is 5.65 Å². The van der Waals surface area contributed by atoms with Gasteiger partial charge in [0.15, 0.2) is 0 Å². The van der Waals surface area contributed by atoms with Crippen LogP contribution in [0.3, 0.4) is 0 Å². The summed E-state index contributed by atoms with van der Waals surface area (Å²) in [6.07, 6.45) is 8.26. The molecule has 16 heavy (non-hydrogen) atoms. The number of fused-ring (bicyclic) bond motifs is 1. The highest BCUT2D eigenvalue weighted by Crippen LogP contribution is 2.25. The summed E-state index contributed by atoms with van der Waals surface area (Å²) in [5.74, 6) is 0.916. The minimum absolute atomic E-state index is 0.916. The second kappa shape index (κ2) is 4.26. The van der Waals surface area contributed by atoms with Gasteiger partial charge in [-0.2, -0.15) is 0 Å². The highest BCUT2D eigenvalue weighted by atomic mass is 15.0. The smallest absolute Gasteiger partial charge is 0.136 e. The fourth-order valence-electron chi connectivity index (χ4n) is 2.22. The largest absolute Gasteiger partial charge is 0.311 e. The van der Waals surface area contributed by atoms with Crippen molar-refractivity contribution < 1.29 is 0 Å². The number of pyridine rings is 1. The number of nitrogens with one attached hydrogen (secondary N) is 1. The fraction of sp³-hybridized carbons (Fsp3) is 0.462. The average Bonchev–Trinajstić information content (AvgIpc) is 2.65. The number of aromatic nitrogens is 2. The highest BCUT2D eigenvalue weighted by Gasteiger charge is 2.16. The van der Waals surface area contributed by atoms with Crippen molar-refractivity contribution in [2.75, 3.05) is 6.54 Å². The van der Waals surface area contributed by atoms with Crippen molar-refractivity contribution in [1.82, 2.24) is 14.7 Å². The summed E-state index contributed by atoms with van der Waals surface area (Å²) in [7, 11) is 0. The van der Waals surface area contributed by atoms with Gasteiger partial charge in [-0.25, -0.2) is 4.98 Å². The van der Waals surface area contributed by atoms with Crippen LogP contribution in [0.5, 0.6) is 0 Å². The van der Waals surface area contributed by atoms with E-state index in [1.165, 1.54) is 25.0 Å². The molecule has 2 aromatic rings. The third-order valence-corrected chi connectivity index (χ3v) is 3.46. The molecule has 3 rings (SSSR count). The molecule has 0 amide bonds. The van der Waals surface area contributed by atoms with Crippen molar-refractivity contribution in [2.45, 2.75) is 25.8 Å². The Labute approximate surface area is 95.5 Å². The van der Waals surface area contributed by atoms with Crippen molar-refractivity contribution in [3.8, 4) is 0 Å². The molecule has 1 fully saturated rings. The molecule has 0 radical (unpaired) electrons. The molecule has 0 bridgehead atoms. The lowest BCUT2D eigenvalue weighted by Gasteiger charge is -2.25. The molecule has 1 aliphatic rings. The van der Waals surface area contributed by atoms with Gasteiger partial charge in [-0.3, -0.25) is 0 Å². The number of hydrogen-bond acceptors (Lipinski definition) is 2. The Balaban J connectivity index is 1.64. The minimum atomic E-state index is 0.916. The van der Waals surface area contributed by atoms with E-state index in [0.717, 1.165) is 24.7 Å². The van der Waals surface area contributed by atoms with E-state index in [1.54, 1.807) is 0 Å². The lowest BCUT2D eigenvalue weighted by Crippen LogP contribution is -2.27. The second-order valence-corrected chi connectivity index (χ2v) is 4.61. The molecule has 3 nitrogen and oxygen atoms in total. The molecule has 1 N–H and O–H groups in total. The summed E-state index contributed by atoms with van der Waals surface area (Å²) in [6.45, 7) is 2.07. The van der Waals surface area contributed by atoms with Gasteiger partial charge >= 0.3 is 0 Å². The van der Waals surface area contributed by atoms with Gasteiger partial charge in [-0.1, -0.05) is 12.5 Å². The summed E-state index contributed by atoms with van der Waals surface area (Å²) in [5.41, 5.74) is 2.28. The fourth-order valence-corrected chi connectivity index (χ4v) is 2.22. The van der Waals surface area contributed by atoms with Crippen LogP contribution in [0.15, 0.2) is 30.6 Å². The number of rotatable bonds is 4. The summed E-state index contributed by atoms with van der Waals surface area (Å²) < 4.78 is 2.15. The molecule has 0 saturated heterocycles. The van der Waals surface area contributed by atoms with Gasteiger partial charge in [0.25, 0.3) is 0 Å². The Hall–Kier alpha value is -1.35. The Kier molecular flexibility index (Phi) is 2.62. The van der Waals surface area contributed by atoms with Crippen LogP contribution in [-0.2, 0) is 6.54 Å². The Morgan fingerprint density at radius 1 is 1.38 bits per heavy atom. The topological polar surface area (TPSA) is 29.3 Å². The zero-order valence-corrected chi connectivity index (χ0v) is 9.39. The standard InChI is InChI=1S/C13H17N3/c1-2-7-16-12(10-15-13(16)6-1)9-14-8-11-4-3-5-11/h1-2,6-7,10-11,14H,3-5,8-9H2. The first-order valence-electron chi connectivity index (χ1n) is 6.05. The van der Waals surface area contributed by atoms with Gasteiger partial charge in [0, 0.05) is 12.7 Å². The molecule has 0 atom stereocenters. The van der Waals surface area contributed by atoms with Gasteiger partial charge in [-0.15, -0.1) is 0 Å². The van der Waals surface area contributed by atoms with Gasteiger partial charge in [0.2, 0.25) is 0 Å². The lowest BCUT2D eigenvalue weighted by atomic mass is 9.85. The third-order valence-electron chi connectivity index (χ3n) is 3.46. The lowest BCUT2D eigenvalue weighted by molar-refractivity contribution is 0.301. The van der Waals surface area contributed by atoms with Crippen molar-refractivity contribution in [3.63, 3.8) is 0 Å². The van der Waals surface area contributed by atoms with Crippen molar-refractivity contribution in [3.05, 3.63) is 36.3 Å². The van der Waals surface area contributed by atoms with Crippen LogP contribution in [0.2, 0.25) is 0 Å². The predicted molar refractivity (Wildman–Crippen MR) is 64.2 cm³/mol. The SMILES string of the molecule is c1ccn2c(CNCC3CCC3)cnc2c1. The molecule has 0 spiro atoms. The molecule has 2 heterocycles. The minimum Gasteiger partial charge on any atom is -0.311 e. The molecule has 0 unspecified atom stereocenters. The van der Waals surface area contributed by atoms with Crippen molar-refractivity contribution in [1.29, 1.82) is 0 Å². The molecule has 2 aromatic heterocycles. The first kappa shape index (κ1) is 9.85. The molecular weight excluding hydrogens is 198 g/mol. The molecule has 84 valence electrons. The van der Waals surface area contributed by atoms with E-state index in [-0.39, 0.29) is 0 Å². The van der Waals surface area contributed by atoms with Gasteiger partial charge in [-0.05, 0) is 37.4 Å². The summed E-state index contributed by atoms with van der Waals surface area (Å²) in [5, 5.41) is 3.52. The maximum Gasteiger partial charge on any atom is 0.136 e. The van der Waals surface area contributed by atoms with E-state index in [2.05, 4.69) is 20.9 Å². The third kappa shape index (κ3) is 1.83. The summed E-state index contributed by atoms with van der Waals surface area (Å²) in [6, 6.07) is 6.10. The number of hydrogen-bond donors (Lipinski definition) is 1.